The summed E-state index contributed by atoms with van der Waals surface area (Å²) in [5.41, 5.74) is 1.44. The van der Waals surface area contributed by atoms with Crippen molar-refractivity contribution in [2.24, 2.45) is 0 Å². The van der Waals surface area contributed by atoms with Gasteiger partial charge in [-0.3, -0.25) is 4.21 Å². The third-order valence-corrected chi connectivity index (χ3v) is 4.87. The third kappa shape index (κ3) is 3.36. The van der Waals surface area contributed by atoms with Gasteiger partial charge in [0.25, 0.3) is 0 Å². The monoisotopic (exact) mass is 309 g/mol. The highest BCUT2D eigenvalue weighted by Gasteiger charge is 2.13. The van der Waals surface area contributed by atoms with Gasteiger partial charge < -0.3 is 0 Å². The smallest absolute Gasteiger partial charge is 0.0991 e. The first-order chi connectivity index (χ1) is 9.11. The normalized spacial score (nSPS) is 11.8. The summed E-state index contributed by atoms with van der Waals surface area (Å²) in [7, 11) is -1.31. The molecule has 0 aromatic heterocycles. The lowest BCUT2D eigenvalue weighted by atomic mass is 10.2. The van der Waals surface area contributed by atoms with Crippen LogP contribution in [0.25, 0.3) is 0 Å². The summed E-state index contributed by atoms with van der Waals surface area (Å²) in [5, 5.41) is 9.52. The second kappa shape index (κ2) is 6.21. The second-order valence-corrected chi connectivity index (χ2v) is 6.05. The van der Waals surface area contributed by atoms with Gasteiger partial charge in [-0.25, -0.2) is 0 Å². The predicted molar refractivity (Wildman–Crippen MR) is 77.7 cm³/mol. The van der Waals surface area contributed by atoms with Crippen molar-refractivity contribution in [3.63, 3.8) is 0 Å². The molecule has 0 heterocycles. The van der Waals surface area contributed by atoms with Crippen LogP contribution in [0.3, 0.4) is 0 Å². The van der Waals surface area contributed by atoms with Crippen LogP contribution >= 0.6 is 23.2 Å². The second-order valence-electron chi connectivity index (χ2n) is 3.85. The van der Waals surface area contributed by atoms with E-state index >= 15 is 0 Å². The van der Waals surface area contributed by atoms with Crippen LogP contribution in [0, 0.1) is 11.3 Å². The Morgan fingerprint density at radius 1 is 1.05 bits per heavy atom. The van der Waals surface area contributed by atoms with Gasteiger partial charge in [0.05, 0.1) is 43.1 Å². The van der Waals surface area contributed by atoms with Gasteiger partial charge in [-0.2, -0.15) is 5.26 Å². The highest BCUT2D eigenvalue weighted by Crippen LogP contribution is 2.29. The van der Waals surface area contributed by atoms with Crippen LogP contribution < -0.4 is 0 Å². The van der Waals surface area contributed by atoms with Crippen molar-refractivity contribution in [1.29, 1.82) is 5.26 Å². The topological polar surface area (TPSA) is 40.9 Å². The maximum absolute atomic E-state index is 12.3. The molecule has 5 heteroatoms. The molecule has 2 nitrogen and oxygen atoms in total. The molecular weight excluding hydrogens is 301 g/mol. The number of benzene rings is 2. The van der Waals surface area contributed by atoms with Crippen LogP contribution in [-0.4, -0.2) is 4.21 Å². The molecule has 19 heavy (non-hydrogen) atoms. The molecule has 0 N–H and O–H groups in total. The highest BCUT2D eigenvalue weighted by atomic mass is 35.5. The van der Waals surface area contributed by atoms with Crippen molar-refractivity contribution in [2.45, 2.75) is 10.6 Å². The number of halogens is 2. The summed E-state index contributed by atoms with van der Waals surface area (Å²) in [4.78, 5) is 0.454. The lowest BCUT2D eigenvalue weighted by molar-refractivity contribution is 0.682. The quantitative estimate of drug-likeness (QED) is 0.853. The summed E-state index contributed by atoms with van der Waals surface area (Å²) in [6, 6.07) is 14.0. The molecule has 0 bridgehead atoms. The van der Waals surface area contributed by atoms with Crippen LogP contribution in [0.5, 0.6) is 0 Å². The van der Waals surface area contributed by atoms with Gasteiger partial charge in [0.2, 0.25) is 0 Å². The molecule has 2 aromatic rings. The molecule has 1 atom stereocenters. The zero-order chi connectivity index (χ0) is 13.8. The van der Waals surface area contributed by atoms with Gasteiger partial charge in [0, 0.05) is 0 Å². The van der Waals surface area contributed by atoms with Crippen molar-refractivity contribution in [3.05, 3.63) is 63.6 Å². The largest absolute Gasteiger partial charge is 0.254 e. The zero-order valence-corrected chi connectivity index (χ0v) is 12.1. The molecule has 2 rings (SSSR count). The van der Waals surface area contributed by atoms with Gasteiger partial charge in [0.15, 0.2) is 0 Å². The van der Waals surface area contributed by atoms with Gasteiger partial charge in [-0.1, -0.05) is 41.4 Å². The standard InChI is InChI=1S/C14H9Cl2NOS/c15-12-2-1-3-13(16)14(12)19(18)9-11-6-4-10(8-17)5-7-11/h1-7H,9H2. The van der Waals surface area contributed by atoms with Crippen molar-refractivity contribution >= 4 is 34.0 Å². The third-order valence-electron chi connectivity index (χ3n) is 2.53. The predicted octanol–water partition coefficient (Wildman–Crippen LogP) is 4.17. The van der Waals surface area contributed by atoms with Crippen LogP contribution in [0.1, 0.15) is 11.1 Å². The van der Waals surface area contributed by atoms with Crippen molar-refractivity contribution < 1.29 is 4.21 Å². The molecule has 0 saturated heterocycles. The molecular formula is C14H9Cl2NOS. The van der Waals surface area contributed by atoms with E-state index in [-0.39, 0.29) is 0 Å². The van der Waals surface area contributed by atoms with Crippen LogP contribution in [-0.2, 0) is 16.6 Å². The van der Waals surface area contributed by atoms with E-state index in [1.54, 1.807) is 42.5 Å². The Labute approximate surface area is 124 Å². The fourth-order valence-corrected chi connectivity index (χ4v) is 3.72. The van der Waals surface area contributed by atoms with E-state index < -0.39 is 10.8 Å². The highest BCUT2D eigenvalue weighted by molar-refractivity contribution is 7.84. The average Bonchev–Trinajstić information content (AvgIpc) is 2.39. The molecule has 2 aromatic carbocycles. The summed E-state index contributed by atoms with van der Waals surface area (Å²) in [5.74, 6) is 0.315. The Kier molecular flexibility index (Phi) is 4.60. The minimum absolute atomic E-state index is 0.315. The van der Waals surface area contributed by atoms with Crippen LogP contribution in [0.15, 0.2) is 47.4 Å². The first-order valence-corrected chi connectivity index (χ1v) is 7.50. The molecule has 96 valence electrons. The summed E-state index contributed by atoms with van der Waals surface area (Å²) in [6.07, 6.45) is 0. The van der Waals surface area contributed by atoms with E-state index in [1.165, 1.54) is 0 Å². The molecule has 0 spiro atoms. The van der Waals surface area contributed by atoms with Gasteiger partial charge in [0.1, 0.15) is 0 Å². The fourth-order valence-electron chi connectivity index (χ4n) is 1.60. The van der Waals surface area contributed by atoms with Gasteiger partial charge >= 0.3 is 0 Å². The number of hydrogen-bond acceptors (Lipinski definition) is 2. The maximum Gasteiger partial charge on any atom is 0.0991 e. The lowest BCUT2D eigenvalue weighted by Crippen LogP contribution is -1.98. The number of rotatable bonds is 3. The molecule has 0 aliphatic carbocycles. The van der Waals surface area contributed by atoms with E-state index in [2.05, 4.69) is 0 Å². The van der Waals surface area contributed by atoms with Gasteiger partial charge in [-0.15, -0.1) is 0 Å². The molecule has 0 amide bonds. The van der Waals surface area contributed by atoms with Crippen molar-refractivity contribution in [3.8, 4) is 6.07 Å². The SMILES string of the molecule is N#Cc1ccc(CS(=O)c2c(Cl)cccc2Cl)cc1. The summed E-state index contributed by atoms with van der Waals surface area (Å²) >= 11 is 12.0. The van der Waals surface area contributed by atoms with E-state index in [0.717, 1.165) is 5.56 Å². The Morgan fingerprint density at radius 3 is 2.16 bits per heavy atom. The summed E-state index contributed by atoms with van der Waals surface area (Å²) in [6.45, 7) is 0. The van der Waals surface area contributed by atoms with Crippen LogP contribution in [0.2, 0.25) is 10.0 Å². The first kappa shape index (κ1) is 14.1. The Hall–Kier alpha value is -1.34. The molecule has 1 unspecified atom stereocenters. The number of nitrogens with zero attached hydrogens (tertiary/aromatic N) is 1. The zero-order valence-electron chi connectivity index (χ0n) is 9.77. The molecule has 0 aliphatic heterocycles. The van der Waals surface area contributed by atoms with Crippen molar-refractivity contribution in [1.82, 2.24) is 0 Å². The van der Waals surface area contributed by atoms with E-state index in [9.17, 15) is 4.21 Å². The number of hydrogen-bond donors (Lipinski definition) is 0. The van der Waals surface area contributed by atoms with E-state index in [0.29, 0.717) is 26.3 Å². The molecule has 0 aliphatic rings. The first-order valence-electron chi connectivity index (χ1n) is 5.43. The molecule has 0 radical (unpaired) electrons. The Bertz CT molecular complexity index is 642. The minimum Gasteiger partial charge on any atom is -0.254 e. The van der Waals surface area contributed by atoms with E-state index in [4.69, 9.17) is 28.5 Å². The molecule has 0 saturated carbocycles. The number of nitriles is 1. The van der Waals surface area contributed by atoms with Crippen LogP contribution in [0.4, 0.5) is 0 Å². The average molecular weight is 310 g/mol. The van der Waals surface area contributed by atoms with E-state index in [1.807, 2.05) is 6.07 Å². The van der Waals surface area contributed by atoms with Gasteiger partial charge in [-0.05, 0) is 29.8 Å². The summed E-state index contributed by atoms with van der Waals surface area (Å²) < 4.78 is 12.3. The fraction of sp³-hybridized carbons (Fsp3) is 0.0714. The Morgan fingerprint density at radius 2 is 1.63 bits per heavy atom. The minimum atomic E-state index is -1.31. The van der Waals surface area contributed by atoms with Crippen molar-refractivity contribution in [2.75, 3.05) is 0 Å². The lowest BCUT2D eigenvalue weighted by Gasteiger charge is -2.07. The Balaban J connectivity index is 2.23. The maximum atomic E-state index is 12.3. The molecule has 0 fully saturated rings.